The first kappa shape index (κ1) is 14.0. The number of hydrogen-bond acceptors (Lipinski definition) is 4. The maximum absolute atomic E-state index is 10.9. The van der Waals surface area contributed by atoms with E-state index in [4.69, 9.17) is 0 Å². The molecule has 0 unspecified atom stereocenters. The summed E-state index contributed by atoms with van der Waals surface area (Å²) in [6, 6.07) is 5.59. The molecular weight excluding hydrogens is 238 g/mol. The summed E-state index contributed by atoms with van der Waals surface area (Å²) >= 11 is 0. The molecule has 0 atom stereocenters. The van der Waals surface area contributed by atoms with Gasteiger partial charge in [-0.3, -0.25) is 0 Å². The van der Waals surface area contributed by atoms with Crippen LogP contribution in [0.4, 0.5) is 0 Å². The first-order valence-electron chi connectivity index (χ1n) is 5.56. The number of rotatable bonds is 6. The van der Waals surface area contributed by atoms with E-state index in [9.17, 15) is 13.5 Å². The van der Waals surface area contributed by atoms with Gasteiger partial charge in [-0.15, -0.1) is 0 Å². The number of aromatic hydroxyl groups is 1. The first-order valence-corrected chi connectivity index (χ1v) is 7.62. The largest absolute Gasteiger partial charge is 0.507 e. The van der Waals surface area contributed by atoms with Gasteiger partial charge >= 0.3 is 0 Å². The summed E-state index contributed by atoms with van der Waals surface area (Å²) in [7, 11) is -2.87. The smallest absolute Gasteiger partial charge is 0.147 e. The van der Waals surface area contributed by atoms with Crippen LogP contribution in [0.25, 0.3) is 0 Å². The van der Waals surface area contributed by atoms with E-state index in [0.717, 1.165) is 11.1 Å². The molecule has 96 valence electrons. The number of phenols is 1. The highest BCUT2D eigenvalue weighted by Crippen LogP contribution is 2.20. The lowest BCUT2D eigenvalue weighted by atomic mass is 10.1. The van der Waals surface area contributed by atoms with E-state index in [-0.39, 0.29) is 5.75 Å². The average Bonchev–Trinajstić information content (AvgIpc) is 2.22. The molecule has 4 nitrogen and oxygen atoms in total. The molecule has 2 N–H and O–H groups in total. The molecule has 0 fully saturated rings. The number of phenolic OH excluding ortho intramolecular Hbond substituents is 1. The SMILES string of the molecule is Cc1cccc(CNCCCS(C)(=O)=O)c1O. The summed E-state index contributed by atoms with van der Waals surface area (Å²) in [6.07, 6.45) is 1.82. The predicted octanol–water partition coefficient (Wildman–Crippen LogP) is 1.22. The van der Waals surface area contributed by atoms with Gasteiger partial charge in [-0.05, 0) is 25.5 Å². The van der Waals surface area contributed by atoms with Crippen molar-refractivity contribution in [2.45, 2.75) is 19.9 Å². The number of sulfone groups is 1. The van der Waals surface area contributed by atoms with Gasteiger partial charge in [-0.2, -0.15) is 0 Å². The molecule has 0 aliphatic rings. The van der Waals surface area contributed by atoms with Crippen molar-refractivity contribution in [1.82, 2.24) is 5.32 Å². The Bertz CT molecular complexity index is 469. The van der Waals surface area contributed by atoms with E-state index in [1.165, 1.54) is 6.26 Å². The average molecular weight is 257 g/mol. The summed E-state index contributed by atoms with van der Waals surface area (Å²) in [5.41, 5.74) is 1.68. The Morgan fingerprint density at radius 3 is 2.71 bits per heavy atom. The predicted molar refractivity (Wildman–Crippen MR) is 68.9 cm³/mol. The summed E-state index contributed by atoms with van der Waals surface area (Å²) in [6.45, 7) is 3.03. The molecule has 1 aromatic rings. The Balaban J connectivity index is 2.34. The van der Waals surface area contributed by atoms with Gasteiger partial charge in [0, 0.05) is 18.4 Å². The number of nitrogens with one attached hydrogen (secondary N) is 1. The van der Waals surface area contributed by atoms with E-state index in [0.29, 0.717) is 25.3 Å². The van der Waals surface area contributed by atoms with E-state index >= 15 is 0 Å². The Kier molecular flexibility index (Phi) is 4.96. The lowest BCUT2D eigenvalue weighted by Crippen LogP contribution is -2.18. The zero-order valence-corrected chi connectivity index (χ0v) is 11.0. The third-order valence-corrected chi connectivity index (χ3v) is 3.54. The molecule has 0 saturated heterocycles. The third-order valence-electron chi connectivity index (χ3n) is 2.51. The fourth-order valence-electron chi connectivity index (χ4n) is 1.54. The topological polar surface area (TPSA) is 66.4 Å². The van der Waals surface area contributed by atoms with Crippen LogP contribution in [0.3, 0.4) is 0 Å². The maximum atomic E-state index is 10.9. The first-order chi connectivity index (χ1) is 7.90. The minimum absolute atomic E-state index is 0.194. The van der Waals surface area contributed by atoms with Gasteiger partial charge in [0.05, 0.1) is 5.75 Å². The Hall–Kier alpha value is -1.07. The van der Waals surface area contributed by atoms with Crippen LogP contribution in [0, 0.1) is 6.92 Å². The second-order valence-electron chi connectivity index (χ2n) is 4.24. The van der Waals surface area contributed by atoms with Crippen molar-refractivity contribution in [3.8, 4) is 5.75 Å². The monoisotopic (exact) mass is 257 g/mol. The van der Waals surface area contributed by atoms with Crippen molar-refractivity contribution in [2.75, 3.05) is 18.6 Å². The van der Waals surface area contributed by atoms with Gasteiger partial charge in [-0.1, -0.05) is 18.2 Å². The Labute approximate surface area is 103 Å². The molecule has 0 amide bonds. The fraction of sp³-hybridized carbons (Fsp3) is 0.500. The molecule has 1 aromatic carbocycles. The summed E-state index contributed by atoms with van der Waals surface area (Å²) in [5, 5.41) is 12.9. The van der Waals surface area contributed by atoms with Gasteiger partial charge in [-0.25, -0.2) is 8.42 Å². The Morgan fingerprint density at radius 2 is 2.06 bits per heavy atom. The zero-order chi connectivity index (χ0) is 12.9. The number of hydrogen-bond donors (Lipinski definition) is 2. The van der Waals surface area contributed by atoms with Crippen molar-refractivity contribution >= 4 is 9.84 Å². The van der Waals surface area contributed by atoms with Crippen molar-refractivity contribution in [1.29, 1.82) is 0 Å². The highest BCUT2D eigenvalue weighted by molar-refractivity contribution is 7.90. The molecule has 5 heteroatoms. The normalized spacial score (nSPS) is 11.6. The van der Waals surface area contributed by atoms with Crippen LogP contribution in [0.2, 0.25) is 0 Å². The van der Waals surface area contributed by atoms with Crippen LogP contribution < -0.4 is 5.32 Å². The molecule has 0 radical (unpaired) electrons. The van der Waals surface area contributed by atoms with Crippen molar-refractivity contribution in [3.63, 3.8) is 0 Å². The fourth-order valence-corrected chi connectivity index (χ4v) is 2.21. The van der Waals surface area contributed by atoms with Crippen molar-refractivity contribution in [3.05, 3.63) is 29.3 Å². The second kappa shape index (κ2) is 6.02. The second-order valence-corrected chi connectivity index (χ2v) is 6.50. The number of para-hydroxylation sites is 1. The van der Waals surface area contributed by atoms with Crippen molar-refractivity contribution in [2.24, 2.45) is 0 Å². The van der Waals surface area contributed by atoms with Crippen LogP contribution in [0.15, 0.2) is 18.2 Å². The minimum Gasteiger partial charge on any atom is -0.507 e. The minimum atomic E-state index is -2.87. The van der Waals surface area contributed by atoms with Gasteiger partial charge in [0.15, 0.2) is 0 Å². The van der Waals surface area contributed by atoms with Crippen LogP contribution in [-0.4, -0.2) is 32.1 Å². The molecule has 0 spiro atoms. The maximum Gasteiger partial charge on any atom is 0.147 e. The third kappa shape index (κ3) is 5.19. The molecule has 0 saturated carbocycles. The van der Waals surface area contributed by atoms with Crippen molar-refractivity contribution < 1.29 is 13.5 Å². The Morgan fingerprint density at radius 1 is 1.35 bits per heavy atom. The molecule has 0 aliphatic heterocycles. The molecule has 0 aromatic heterocycles. The van der Waals surface area contributed by atoms with Gasteiger partial charge in [0.2, 0.25) is 0 Å². The van der Waals surface area contributed by atoms with Crippen LogP contribution in [0.5, 0.6) is 5.75 Å². The van der Waals surface area contributed by atoms with Gasteiger partial charge in [0.1, 0.15) is 15.6 Å². The zero-order valence-electron chi connectivity index (χ0n) is 10.2. The van der Waals surface area contributed by atoms with Crippen LogP contribution >= 0.6 is 0 Å². The molecule has 0 bridgehead atoms. The van der Waals surface area contributed by atoms with E-state index in [1.807, 2.05) is 25.1 Å². The quantitative estimate of drug-likeness (QED) is 0.752. The van der Waals surface area contributed by atoms with E-state index < -0.39 is 9.84 Å². The highest BCUT2D eigenvalue weighted by Gasteiger charge is 2.04. The van der Waals surface area contributed by atoms with Gasteiger partial charge < -0.3 is 10.4 Å². The summed E-state index contributed by atoms with van der Waals surface area (Å²) in [5.74, 6) is 0.503. The van der Waals surface area contributed by atoms with Crippen LogP contribution in [0.1, 0.15) is 17.5 Å². The summed E-state index contributed by atoms with van der Waals surface area (Å²) < 4.78 is 21.8. The molecule has 0 heterocycles. The van der Waals surface area contributed by atoms with Crippen LogP contribution in [-0.2, 0) is 16.4 Å². The highest BCUT2D eigenvalue weighted by atomic mass is 32.2. The standard InChI is InChI=1S/C12H19NO3S/c1-10-5-3-6-11(12(10)14)9-13-7-4-8-17(2,15)16/h3,5-6,13-14H,4,7-9H2,1-2H3. The molecular formula is C12H19NO3S. The number of benzene rings is 1. The lowest BCUT2D eigenvalue weighted by molar-refractivity contribution is 0.460. The van der Waals surface area contributed by atoms with E-state index in [2.05, 4.69) is 5.32 Å². The lowest BCUT2D eigenvalue weighted by Gasteiger charge is -2.08. The molecule has 0 aliphatic carbocycles. The molecule has 17 heavy (non-hydrogen) atoms. The molecule has 1 rings (SSSR count). The van der Waals surface area contributed by atoms with E-state index in [1.54, 1.807) is 0 Å². The van der Waals surface area contributed by atoms with Gasteiger partial charge in [0.25, 0.3) is 0 Å². The summed E-state index contributed by atoms with van der Waals surface area (Å²) in [4.78, 5) is 0. The number of aryl methyl sites for hydroxylation is 1.